The van der Waals surface area contributed by atoms with Crippen LogP contribution in [0.15, 0.2) is 91.0 Å². The molecule has 0 atom stereocenters. The van der Waals surface area contributed by atoms with Gasteiger partial charge in [0.25, 0.3) is 0 Å². The van der Waals surface area contributed by atoms with Gasteiger partial charge < -0.3 is 19.9 Å². The molecule has 0 radical (unpaired) electrons. The molecule has 37 heavy (non-hydrogen) atoms. The second kappa shape index (κ2) is 12.5. The maximum absolute atomic E-state index is 11.2. The first-order valence-corrected chi connectivity index (χ1v) is 12.7. The number of hydrogen-bond donors (Lipinski definition) is 2. The molecule has 0 aliphatic rings. The Morgan fingerprint density at radius 2 is 1.62 bits per heavy atom. The van der Waals surface area contributed by atoms with Crippen LogP contribution in [0.5, 0.6) is 5.75 Å². The number of hydrogen-bond acceptors (Lipinski definition) is 4. The summed E-state index contributed by atoms with van der Waals surface area (Å²) in [5.74, 6) is -0.194. The first-order chi connectivity index (χ1) is 17.9. The number of rotatable bonds is 13. The smallest absolute Gasteiger partial charge is 0.335 e. The largest absolute Gasteiger partial charge is 0.489 e. The third-order valence-corrected chi connectivity index (χ3v) is 6.33. The number of para-hydroxylation sites is 1. The summed E-state index contributed by atoms with van der Waals surface area (Å²) in [6, 6.07) is 29.8. The van der Waals surface area contributed by atoms with Crippen LogP contribution >= 0.6 is 0 Å². The van der Waals surface area contributed by atoms with Crippen molar-refractivity contribution in [2.24, 2.45) is 0 Å². The molecule has 4 rings (SSSR count). The molecule has 0 aliphatic carbocycles. The first kappa shape index (κ1) is 26.4. The molecule has 0 spiro atoms. The van der Waals surface area contributed by atoms with Gasteiger partial charge in [0.2, 0.25) is 0 Å². The molecule has 0 fully saturated rings. The Balaban J connectivity index is 1.20. The van der Waals surface area contributed by atoms with Gasteiger partial charge >= 0.3 is 5.97 Å². The molecule has 0 unspecified atom stereocenters. The van der Waals surface area contributed by atoms with E-state index in [0.717, 1.165) is 36.3 Å². The molecule has 0 bridgehead atoms. The molecule has 0 aliphatic heterocycles. The highest BCUT2D eigenvalue weighted by molar-refractivity contribution is 5.87. The molecule has 0 amide bonds. The lowest BCUT2D eigenvalue weighted by molar-refractivity contribution is 0.0696. The highest BCUT2D eigenvalue weighted by Gasteiger charge is 2.17. The molecule has 0 saturated heterocycles. The summed E-state index contributed by atoms with van der Waals surface area (Å²) in [6.07, 6.45) is 1.87. The minimum Gasteiger partial charge on any atom is -0.489 e. The van der Waals surface area contributed by atoms with E-state index in [2.05, 4.69) is 61.6 Å². The van der Waals surface area contributed by atoms with Crippen LogP contribution in [-0.4, -0.2) is 29.8 Å². The van der Waals surface area contributed by atoms with E-state index in [-0.39, 0.29) is 11.1 Å². The molecule has 0 saturated carbocycles. The molecular weight excluding hydrogens is 462 g/mol. The summed E-state index contributed by atoms with van der Waals surface area (Å²) in [5, 5.41) is 15.4. The van der Waals surface area contributed by atoms with E-state index < -0.39 is 5.97 Å². The van der Waals surface area contributed by atoms with E-state index in [1.165, 1.54) is 16.3 Å². The number of nitrogens with one attached hydrogen (secondary N) is 1. The highest BCUT2D eigenvalue weighted by atomic mass is 16.5. The van der Waals surface area contributed by atoms with Crippen LogP contribution in [0.4, 0.5) is 0 Å². The number of carboxylic acid groups (broad SMARTS) is 1. The van der Waals surface area contributed by atoms with E-state index in [4.69, 9.17) is 9.47 Å². The lowest BCUT2D eigenvalue weighted by atomic mass is 9.93. The summed E-state index contributed by atoms with van der Waals surface area (Å²) in [5.41, 5.74) is 3.36. The second-order valence-corrected chi connectivity index (χ2v) is 9.98. The van der Waals surface area contributed by atoms with E-state index in [0.29, 0.717) is 19.8 Å². The van der Waals surface area contributed by atoms with Crippen molar-refractivity contribution in [1.29, 1.82) is 0 Å². The fraction of sp³-hybridized carbons (Fsp3) is 0.281. The Labute approximate surface area is 219 Å². The van der Waals surface area contributed by atoms with Crippen LogP contribution in [0.25, 0.3) is 10.8 Å². The van der Waals surface area contributed by atoms with Crippen molar-refractivity contribution in [2.45, 2.75) is 45.4 Å². The van der Waals surface area contributed by atoms with Crippen molar-refractivity contribution in [3.8, 4) is 5.75 Å². The maximum Gasteiger partial charge on any atom is 0.335 e. The van der Waals surface area contributed by atoms with Gasteiger partial charge in [-0.15, -0.1) is 0 Å². The van der Waals surface area contributed by atoms with Crippen LogP contribution < -0.4 is 10.1 Å². The zero-order chi connectivity index (χ0) is 26.1. The minimum atomic E-state index is -0.942. The zero-order valence-electron chi connectivity index (χ0n) is 21.6. The van der Waals surface area contributed by atoms with Crippen molar-refractivity contribution in [2.75, 3.05) is 13.2 Å². The molecule has 192 valence electrons. The number of ether oxygens (including phenoxy) is 2. The van der Waals surface area contributed by atoms with E-state index in [1.807, 2.05) is 30.3 Å². The van der Waals surface area contributed by atoms with Crippen molar-refractivity contribution in [3.63, 3.8) is 0 Å². The van der Waals surface area contributed by atoms with Crippen LogP contribution in [0.1, 0.15) is 47.3 Å². The Kier molecular flexibility index (Phi) is 8.94. The molecule has 0 heterocycles. The molecule has 5 nitrogen and oxygen atoms in total. The SMILES string of the molecule is CC(C)(Cc1ccc2ccccc2c1)NCCCOCc1ccccc1OCc1cccc(C(=O)O)c1. The number of carbonyl (C=O) groups is 1. The van der Waals surface area contributed by atoms with Gasteiger partial charge in [-0.1, -0.05) is 72.8 Å². The van der Waals surface area contributed by atoms with Gasteiger partial charge in [-0.05, 0) is 73.3 Å². The number of carboxylic acids is 1. The average molecular weight is 498 g/mol. The highest BCUT2D eigenvalue weighted by Crippen LogP contribution is 2.21. The number of fused-ring (bicyclic) bond motifs is 1. The summed E-state index contributed by atoms with van der Waals surface area (Å²) >= 11 is 0. The van der Waals surface area contributed by atoms with Crippen molar-refractivity contribution in [1.82, 2.24) is 5.32 Å². The van der Waals surface area contributed by atoms with E-state index in [1.54, 1.807) is 18.2 Å². The van der Waals surface area contributed by atoms with Crippen molar-refractivity contribution in [3.05, 3.63) is 113 Å². The fourth-order valence-corrected chi connectivity index (χ4v) is 4.42. The van der Waals surface area contributed by atoms with Crippen molar-refractivity contribution < 1.29 is 19.4 Å². The summed E-state index contributed by atoms with van der Waals surface area (Å²) < 4.78 is 11.9. The predicted octanol–water partition coefficient (Wildman–Crippen LogP) is 6.63. The normalized spacial score (nSPS) is 11.5. The van der Waals surface area contributed by atoms with Crippen LogP contribution in [0.3, 0.4) is 0 Å². The van der Waals surface area contributed by atoms with Gasteiger partial charge in [0.05, 0.1) is 12.2 Å². The monoisotopic (exact) mass is 497 g/mol. The standard InChI is InChI=1S/C32H35NO4/c1-32(2,21-24-15-16-26-10-3-4-11-27(26)19-24)33-17-8-18-36-23-29-12-5-6-14-30(29)37-22-25-9-7-13-28(20-25)31(34)35/h3-7,9-16,19-20,33H,8,17-18,21-23H2,1-2H3,(H,34,35). The molecule has 4 aromatic carbocycles. The van der Waals surface area contributed by atoms with Crippen molar-refractivity contribution >= 4 is 16.7 Å². The van der Waals surface area contributed by atoms with Crippen LogP contribution in [0.2, 0.25) is 0 Å². The summed E-state index contributed by atoms with van der Waals surface area (Å²) in [4.78, 5) is 11.2. The van der Waals surface area contributed by atoms with Crippen LogP contribution in [0, 0.1) is 0 Å². The minimum absolute atomic E-state index is 0.0131. The Morgan fingerprint density at radius 3 is 2.46 bits per heavy atom. The first-order valence-electron chi connectivity index (χ1n) is 12.7. The lowest BCUT2D eigenvalue weighted by Gasteiger charge is -2.27. The third-order valence-electron chi connectivity index (χ3n) is 6.33. The number of benzene rings is 4. The van der Waals surface area contributed by atoms with Crippen LogP contribution in [-0.2, 0) is 24.4 Å². The van der Waals surface area contributed by atoms with Gasteiger partial charge in [0.15, 0.2) is 0 Å². The average Bonchev–Trinajstić information content (AvgIpc) is 2.90. The topological polar surface area (TPSA) is 67.8 Å². The lowest BCUT2D eigenvalue weighted by Crippen LogP contribution is -2.42. The maximum atomic E-state index is 11.2. The Morgan fingerprint density at radius 1 is 0.838 bits per heavy atom. The molecule has 0 aromatic heterocycles. The molecule has 5 heteroatoms. The van der Waals surface area contributed by atoms with E-state index >= 15 is 0 Å². The fourth-order valence-electron chi connectivity index (χ4n) is 4.42. The third kappa shape index (κ3) is 7.91. The van der Waals surface area contributed by atoms with Gasteiger partial charge in [-0.3, -0.25) is 0 Å². The molecule has 4 aromatic rings. The van der Waals surface area contributed by atoms with Gasteiger partial charge in [-0.2, -0.15) is 0 Å². The van der Waals surface area contributed by atoms with Gasteiger partial charge in [0.1, 0.15) is 12.4 Å². The second-order valence-electron chi connectivity index (χ2n) is 9.98. The quantitative estimate of drug-likeness (QED) is 0.203. The molecule has 2 N–H and O–H groups in total. The van der Waals surface area contributed by atoms with Gasteiger partial charge in [-0.25, -0.2) is 4.79 Å². The number of aromatic carboxylic acids is 1. The Hall–Kier alpha value is -3.67. The Bertz CT molecular complexity index is 1330. The predicted molar refractivity (Wildman–Crippen MR) is 148 cm³/mol. The zero-order valence-corrected chi connectivity index (χ0v) is 21.6. The summed E-state index contributed by atoms with van der Waals surface area (Å²) in [7, 11) is 0. The van der Waals surface area contributed by atoms with Gasteiger partial charge in [0, 0.05) is 17.7 Å². The molecular formula is C32H35NO4. The summed E-state index contributed by atoms with van der Waals surface area (Å²) in [6.45, 7) is 6.76. The van der Waals surface area contributed by atoms with E-state index in [9.17, 15) is 9.90 Å².